The number of nitrogens with zero attached hydrogens (tertiary/aromatic N) is 4. The van der Waals surface area contributed by atoms with Gasteiger partial charge in [-0.05, 0) is 55.8 Å². The van der Waals surface area contributed by atoms with Crippen LogP contribution in [0.25, 0.3) is 22.8 Å². The van der Waals surface area contributed by atoms with Crippen molar-refractivity contribution in [2.75, 3.05) is 11.6 Å². The van der Waals surface area contributed by atoms with Gasteiger partial charge in [0.15, 0.2) is 15.7 Å². The van der Waals surface area contributed by atoms with Gasteiger partial charge in [0, 0.05) is 18.0 Å². The van der Waals surface area contributed by atoms with Crippen molar-refractivity contribution in [3.63, 3.8) is 0 Å². The van der Waals surface area contributed by atoms with Gasteiger partial charge in [0.1, 0.15) is 23.5 Å². The molecule has 9 nitrogen and oxygen atoms in total. The van der Waals surface area contributed by atoms with Crippen molar-refractivity contribution in [2.45, 2.75) is 24.8 Å². The first-order valence-corrected chi connectivity index (χ1v) is 11.8. The van der Waals surface area contributed by atoms with Crippen molar-refractivity contribution in [3.05, 3.63) is 66.6 Å². The number of anilines is 1. The summed E-state index contributed by atoms with van der Waals surface area (Å²) in [4.78, 5) is 20.5. The Bertz CT molecular complexity index is 1370. The number of carbonyl (C=O) groups excluding carboxylic acids is 1. The van der Waals surface area contributed by atoms with Crippen molar-refractivity contribution >= 4 is 21.6 Å². The van der Waals surface area contributed by atoms with Crippen molar-refractivity contribution in [3.8, 4) is 22.8 Å². The van der Waals surface area contributed by atoms with Crippen LogP contribution in [0.5, 0.6) is 0 Å². The number of amides is 1. The van der Waals surface area contributed by atoms with Crippen LogP contribution in [0, 0.1) is 0 Å². The Morgan fingerprint density at radius 3 is 2.50 bits per heavy atom. The molecule has 1 aromatic carbocycles. The summed E-state index contributed by atoms with van der Waals surface area (Å²) < 4.78 is 25.1. The van der Waals surface area contributed by atoms with Crippen molar-refractivity contribution in [1.82, 2.24) is 24.7 Å². The molecule has 0 unspecified atom stereocenters. The Kier molecular flexibility index (Phi) is 5.62. The van der Waals surface area contributed by atoms with Crippen LogP contribution in [0.1, 0.15) is 30.4 Å². The minimum absolute atomic E-state index is 0.170. The third kappa shape index (κ3) is 4.45. The molecular formula is C22H22N6O3S. The highest BCUT2D eigenvalue weighted by atomic mass is 32.2. The Morgan fingerprint density at radius 2 is 1.81 bits per heavy atom. The van der Waals surface area contributed by atoms with Crippen LogP contribution in [0.15, 0.2) is 65.8 Å². The van der Waals surface area contributed by atoms with E-state index in [2.05, 4.69) is 25.5 Å². The molecule has 0 aliphatic rings. The van der Waals surface area contributed by atoms with Crippen LogP contribution in [0.3, 0.4) is 0 Å². The molecule has 4 aromatic rings. The number of aromatic amines is 1. The zero-order valence-electron chi connectivity index (χ0n) is 17.8. The fourth-order valence-corrected chi connectivity index (χ4v) is 3.82. The lowest BCUT2D eigenvalue weighted by molar-refractivity contribution is 0.102. The van der Waals surface area contributed by atoms with E-state index in [1.165, 1.54) is 12.1 Å². The van der Waals surface area contributed by atoms with Crippen LogP contribution in [-0.4, -0.2) is 45.3 Å². The van der Waals surface area contributed by atoms with Gasteiger partial charge in [-0.3, -0.25) is 4.79 Å². The molecule has 0 saturated heterocycles. The maximum absolute atomic E-state index is 12.7. The molecule has 2 N–H and O–H groups in total. The normalized spacial score (nSPS) is 11.6. The van der Waals surface area contributed by atoms with Gasteiger partial charge in [-0.1, -0.05) is 18.2 Å². The van der Waals surface area contributed by atoms with E-state index in [9.17, 15) is 13.2 Å². The SMILES string of the molecule is CC(C)n1cnnc1-c1cccc(NC(=O)c2ccc(-c3ccc(S(C)(=O)=O)cc3)[nH]2)n1. The number of aromatic nitrogens is 5. The van der Waals surface area contributed by atoms with Gasteiger partial charge in [-0.15, -0.1) is 10.2 Å². The molecule has 0 spiro atoms. The molecule has 3 aromatic heterocycles. The molecule has 0 aliphatic heterocycles. The zero-order valence-corrected chi connectivity index (χ0v) is 18.6. The Morgan fingerprint density at radius 1 is 1.06 bits per heavy atom. The second-order valence-corrected chi connectivity index (χ2v) is 9.62. The number of nitrogens with one attached hydrogen (secondary N) is 2. The number of hydrogen-bond donors (Lipinski definition) is 2. The smallest absolute Gasteiger partial charge is 0.273 e. The third-order valence-corrected chi connectivity index (χ3v) is 6.00. The average Bonchev–Trinajstić information content (AvgIpc) is 3.44. The third-order valence-electron chi connectivity index (χ3n) is 4.87. The van der Waals surface area contributed by atoms with Crippen LogP contribution >= 0.6 is 0 Å². The molecule has 4 rings (SSSR count). The monoisotopic (exact) mass is 450 g/mol. The number of sulfone groups is 1. The number of hydrogen-bond acceptors (Lipinski definition) is 6. The summed E-state index contributed by atoms with van der Waals surface area (Å²) in [6.07, 6.45) is 2.81. The summed E-state index contributed by atoms with van der Waals surface area (Å²) >= 11 is 0. The highest BCUT2D eigenvalue weighted by Gasteiger charge is 2.14. The van der Waals surface area contributed by atoms with E-state index in [1.807, 2.05) is 24.5 Å². The second kappa shape index (κ2) is 8.39. The van der Waals surface area contributed by atoms with Gasteiger partial charge in [0.2, 0.25) is 0 Å². The lowest BCUT2D eigenvalue weighted by atomic mass is 10.2. The molecule has 0 fully saturated rings. The Hall–Kier alpha value is -3.79. The maximum atomic E-state index is 12.7. The summed E-state index contributed by atoms with van der Waals surface area (Å²) in [5.41, 5.74) is 2.42. The van der Waals surface area contributed by atoms with Gasteiger partial charge < -0.3 is 14.9 Å². The molecule has 32 heavy (non-hydrogen) atoms. The summed E-state index contributed by atoms with van der Waals surface area (Å²) in [5.74, 6) is 0.661. The zero-order chi connectivity index (χ0) is 22.9. The van der Waals surface area contributed by atoms with Crippen LogP contribution in [0.2, 0.25) is 0 Å². The number of pyridine rings is 1. The van der Waals surface area contributed by atoms with E-state index >= 15 is 0 Å². The van der Waals surface area contributed by atoms with E-state index in [0.29, 0.717) is 28.7 Å². The standard InChI is InChI=1S/C22H22N6O3S/c1-14(2)28-13-23-27-21(28)18-5-4-6-20(25-18)26-22(29)19-12-11-17(24-19)15-7-9-16(10-8-15)32(3,30)31/h4-14,24H,1-3H3,(H,25,26,29). The van der Waals surface area contributed by atoms with Crippen LogP contribution in [-0.2, 0) is 9.84 Å². The van der Waals surface area contributed by atoms with Gasteiger partial charge in [-0.2, -0.15) is 0 Å². The largest absolute Gasteiger partial charge is 0.351 e. The lowest BCUT2D eigenvalue weighted by Gasteiger charge is -2.10. The number of benzene rings is 1. The molecular weight excluding hydrogens is 428 g/mol. The average molecular weight is 451 g/mol. The first-order chi connectivity index (χ1) is 15.2. The Labute approximate surface area is 185 Å². The second-order valence-electron chi connectivity index (χ2n) is 7.60. The molecule has 1 amide bonds. The van der Waals surface area contributed by atoms with Gasteiger partial charge >= 0.3 is 0 Å². The first-order valence-electron chi connectivity index (χ1n) is 9.90. The fourth-order valence-electron chi connectivity index (χ4n) is 3.19. The molecule has 0 aliphatic carbocycles. The molecule has 10 heteroatoms. The first kappa shape index (κ1) is 21.4. The molecule has 0 radical (unpaired) electrons. The number of rotatable bonds is 6. The highest BCUT2D eigenvalue weighted by molar-refractivity contribution is 7.90. The van der Waals surface area contributed by atoms with Crippen molar-refractivity contribution in [1.29, 1.82) is 0 Å². The molecule has 164 valence electrons. The van der Waals surface area contributed by atoms with E-state index in [1.54, 1.807) is 42.7 Å². The summed E-state index contributed by atoms with van der Waals surface area (Å²) in [7, 11) is -3.26. The fraction of sp³-hybridized carbons (Fsp3) is 0.182. The van der Waals surface area contributed by atoms with Gasteiger partial charge in [0.25, 0.3) is 5.91 Å². The minimum atomic E-state index is -3.26. The van der Waals surface area contributed by atoms with Gasteiger partial charge in [-0.25, -0.2) is 13.4 Å². The van der Waals surface area contributed by atoms with Gasteiger partial charge in [0.05, 0.1) is 4.90 Å². The highest BCUT2D eigenvalue weighted by Crippen LogP contribution is 2.22. The molecule has 0 atom stereocenters. The molecule has 0 bridgehead atoms. The van der Waals surface area contributed by atoms with Crippen LogP contribution in [0.4, 0.5) is 5.82 Å². The van der Waals surface area contributed by atoms with Crippen molar-refractivity contribution < 1.29 is 13.2 Å². The van der Waals surface area contributed by atoms with Crippen molar-refractivity contribution in [2.24, 2.45) is 0 Å². The quantitative estimate of drug-likeness (QED) is 0.463. The predicted octanol–water partition coefficient (Wildman–Crippen LogP) is 3.57. The van der Waals surface area contributed by atoms with E-state index in [-0.39, 0.29) is 16.8 Å². The van der Waals surface area contributed by atoms with Crippen LogP contribution < -0.4 is 5.32 Å². The lowest BCUT2D eigenvalue weighted by Crippen LogP contribution is -2.13. The topological polar surface area (TPSA) is 123 Å². The maximum Gasteiger partial charge on any atom is 0.273 e. The molecule has 0 saturated carbocycles. The summed E-state index contributed by atoms with van der Waals surface area (Å²) in [5, 5.41) is 10.9. The van der Waals surface area contributed by atoms with E-state index in [4.69, 9.17) is 0 Å². The van der Waals surface area contributed by atoms with E-state index < -0.39 is 9.84 Å². The molecule has 3 heterocycles. The summed E-state index contributed by atoms with van der Waals surface area (Å²) in [6.45, 7) is 4.05. The predicted molar refractivity (Wildman–Crippen MR) is 121 cm³/mol. The Balaban J connectivity index is 1.52. The number of H-pyrrole nitrogens is 1. The summed E-state index contributed by atoms with van der Waals surface area (Å²) in [6, 6.07) is 15.4. The van der Waals surface area contributed by atoms with E-state index in [0.717, 1.165) is 11.8 Å². The number of carbonyl (C=O) groups is 1. The minimum Gasteiger partial charge on any atom is -0.351 e.